The number of nitrogens with one attached hydrogen (secondary N) is 2. The van der Waals surface area contributed by atoms with Gasteiger partial charge in [0.2, 0.25) is 12.7 Å². The van der Waals surface area contributed by atoms with Gasteiger partial charge in [-0.05, 0) is 51.2 Å². The van der Waals surface area contributed by atoms with Crippen molar-refractivity contribution in [2.24, 2.45) is 0 Å². The van der Waals surface area contributed by atoms with Crippen LogP contribution in [0, 0.1) is 0 Å². The molecule has 0 atom stereocenters. The third-order valence-corrected chi connectivity index (χ3v) is 7.33. The van der Waals surface area contributed by atoms with Crippen LogP contribution in [0.25, 0.3) is 0 Å². The van der Waals surface area contributed by atoms with E-state index in [1.165, 1.54) is 31.0 Å². The summed E-state index contributed by atoms with van der Waals surface area (Å²) in [5.74, 6) is 1.06. The molecule has 0 spiro atoms. The van der Waals surface area contributed by atoms with Crippen LogP contribution in [0.4, 0.5) is 5.69 Å². The van der Waals surface area contributed by atoms with Gasteiger partial charge in [0.15, 0.2) is 11.5 Å². The number of fused-ring (bicyclic) bond motifs is 1. The second-order valence-corrected chi connectivity index (χ2v) is 9.59. The largest absolute Gasteiger partial charge is 0.454 e. The lowest BCUT2D eigenvalue weighted by Crippen LogP contribution is -2.53. The molecule has 2 heterocycles. The van der Waals surface area contributed by atoms with Crippen molar-refractivity contribution in [2.45, 2.75) is 42.7 Å². The summed E-state index contributed by atoms with van der Waals surface area (Å²) in [5, 5.41) is 6.51. The number of carbonyl (C=O) groups excluding carboxylic acids is 2. The Morgan fingerprint density at radius 2 is 1.91 bits per heavy atom. The fourth-order valence-corrected chi connectivity index (χ4v) is 5.11. The number of likely N-dealkylation sites (N-methyl/N-ethyl adjacent to an activating group) is 1. The van der Waals surface area contributed by atoms with E-state index in [1.54, 1.807) is 36.5 Å². The van der Waals surface area contributed by atoms with Crippen molar-refractivity contribution < 1.29 is 19.1 Å². The van der Waals surface area contributed by atoms with Crippen molar-refractivity contribution in [1.29, 1.82) is 0 Å². The van der Waals surface area contributed by atoms with Crippen molar-refractivity contribution >= 4 is 29.3 Å². The first-order chi connectivity index (χ1) is 16.0. The second-order valence-electron chi connectivity index (χ2n) is 8.62. The number of pyridine rings is 1. The Hall–Kier alpha value is -2.78. The van der Waals surface area contributed by atoms with Crippen LogP contribution >= 0.6 is 11.8 Å². The lowest BCUT2D eigenvalue weighted by Gasteiger charge is -2.43. The zero-order valence-electron chi connectivity index (χ0n) is 19.1. The number of carbonyl (C=O) groups is 2. The Labute approximate surface area is 198 Å². The number of hydrogen-bond donors (Lipinski definition) is 2. The molecule has 0 saturated heterocycles. The van der Waals surface area contributed by atoms with Crippen molar-refractivity contribution in [3.8, 4) is 11.5 Å². The minimum atomic E-state index is -0.190. The summed E-state index contributed by atoms with van der Waals surface area (Å²) in [5.41, 5.74) is 1.11. The van der Waals surface area contributed by atoms with Crippen molar-refractivity contribution in [2.75, 3.05) is 38.5 Å². The molecule has 1 aliphatic heterocycles. The number of aromatic nitrogens is 1. The van der Waals surface area contributed by atoms with Gasteiger partial charge in [-0.1, -0.05) is 31.0 Å². The highest BCUT2D eigenvalue weighted by molar-refractivity contribution is 8.00. The number of benzene rings is 1. The number of ether oxygens (including phenoxy) is 2. The number of rotatable bonds is 8. The molecule has 9 heteroatoms. The van der Waals surface area contributed by atoms with Crippen LogP contribution < -0.4 is 20.1 Å². The predicted molar refractivity (Wildman–Crippen MR) is 128 cm³/mol. The topological polar surface area (TPSA) is 92.8 Å². The maximum Gasteiger partial charge on any atom is 0.254 e. The van der Waals surface area contributed by atoms with Gasteiger partial charge in [-0.25, -0.2) is 4.98 Å². The predicted octanol–water partition coefficient (Wildman–Crippen LogP) is 3.54. The molecule has 2 aromatic rings. The van der Waals surface area contributed by atoms with Gasteiger partial charge in [0.1, 0.15) is 5.03 Å². The molecule has 0 bridgehead atoms. The molecule has 4 rings (SSSR count). The summed E-state index contributed by atoms with van der Waals surface area (Å²) >= 11 is 1.24. The molecule has 1 aliphatic carbocycles. The summed E-state index contributed by atoms with van der Waals surface area (Å²) in [6.07, 6.45) is 7.41. The fourth-order valence-electron chi connectivity index (χ4n) is 4.32. The SMILES string of the molecule is CN(C)C1(CNC(=O)c2cccnc2SCC(=O)Nc2ccc3c(c2)OCO3)CCCCC1. The summed E-state index contributed by atoms with van der Waals surface area (Å²) in [4.78, 5) is 32.1. The van der Waals surface area contributed by atoms with E-state index < -0.39 is 0 Å². The summed E-state index contributed by atoms with van der Waals surface area (Å²) in [6.45, 7) is 0.783. The molecule has 1 aromatic carbocycles. The molecule has 0 unspecified atom stereocenters. The zero-order chi connectivity index (χ0) is 23.3. The Balaban J connectivity index is 1.35. The first kappa shape index (κ1) is 23.4. The minimum Gasteiger partial charge on any atom is -0.454 e. The lowest BCUT2D eigenvalue weighted by molar-refractivity contribution is -0.113. The number of amides is 2. The number of thioether (sulfide) groups is 1. The monoisotopic (exact) mass is 470 g/mol. The highest BCUT2D eigenvalue weighted by Crippen LogP contribution is 2.34. The van der Waals surface area contributed by atoms with Crippen LogP contribution in [0.2, 0.25) is 0 Å². The second kappa shape index (κ2) is 10.4. The van der Waals surface area contributed by atoms with E-state index in [2.05, 4.69) is 34.6 Å². The van der Waals surface area contributed by atoms with Crippen LogP contribution in [-0.2, 0) is 4.79 Å². The minimum absolute atomic E-state index is 0.00603. The van der Waals surface area contributed by atoms with E-state index in [9.17, 15) is 9.59 Å². The molecule has 1 aromatic heterocycles. The van der Waals surface area contributed by atoms with Gasteiger partial charge >= 0.3 is 0 Å². The molecule has 2 amide bonds. The normalized spacial score (nSPS) is 16.5. The van der Waals surface area contributed by atoms with E-state index in [-0.39, 0.29) is 29.9 Å². The van der Waals surface area contributed by atoms with Crippen molar-refractivity contribution in [3.63, 3.8) is 0 Å². The molecule has 176 valence electrons. The van der Waals surface area contributed by atoms with Crippen molar-refractivity contribution in [1.82, 2.24) is 15.2 Å². The molecular weight excluding hydrogens is 440 g/mol. The maximum atomic E-state index is 13.0. The summed E-state index contributed by atoms with van der Waals surface area (Å²) < 4.78 is 10.6. The van der Waals surface area contributed by atoms with E-state index in [4.69, 9.17) is 9.47 Å². The highest BCUT2D eigenvalue weighted by atomic mass is 32.2. The van der Waals surface area contributed by atoms with E-state index >= 15 is 0 Å². The Morgan fingerprint density at radius 1 is 1.12 bits per heavy atom. The summed E-state index contributed by atoms with van der Waals surface area (Å²) in [7, 11) is 4.17. The van der Waals surface area contributed by atoms with Crippen LogP contribution in [0.1, 0.15) is 42.5 Å². The Kier molecular flexibility index (Phi) is 7.39. The molecule has 1 fully saturated rings. The molecule has 1 saturated carbocycles. The summed E-state index contributed by atoms with van der Waals surface area (Å²) in [6, 6.07) is 8.76. The number of anilines is 1. The third kappa shape index (κ3) is 5.59. The molecule has 8 nitrogen and oxygen atoms in total. The van der Waals surface area contributed by atoms with Crippen LogP contribution in [-0.4, -0.2) is 60.4 Å². The molecular formula is C24H30N4O4S. The van der Waals surface area contributed by atoms with Gasteiger partial charge in [0, 0.05) is 30.0 Å². The average Bonchev–Trinajstić information content (AvgIpc) is 3.30. The van der Waals surface area contributed by atoms with Crippen LogP contribution in [0.15, 0.2) is 41.6 Å². The molecule has 2 aliphatic rings. The van der Waals surface area contributed by atoms with E-state index in [0.717, 1.165) is 12.8 Å². The smallest absolute Gasteiger partial charge is 0.254 e. The number of nitrogens with zero attached hydrogens (tertiary/aromatic N) is 2. The van der Waals surface area contributed by atoms with Gasteiger partial charge in [-0.15, -0.1) is 0 Å². The molecule has 2 N–H and O–H groups in total. The molecule has 33 heavy (non-hydrogen) atoms. The van der Waals surface area contributed by atoms with Crippen LogP contribution in [0.5, 0.6) is 11.5 Å². The van der Waals surface area contributed by atoms with Crippen molar-refractivity contribution in [3.05, 3.63) is 42.1 Å². The van der Waals surface area contributed by atoms with Gasteiger partial charge < -0.3 is 25.0 Å². The van der Waals surface area contributed by atoms with Crippen LogP contribution in [0.3, 0.4) is 0 Å². The van der Waals surface area contributed by atoms with E-state index in [1.807, 2.05) is 0 Å². The maximum absolute atomic E-state index is 13.0. The quantitative estimate of drug-likeness (QED) is 0.570. The Morgan fingerprint density at radius 3 is 2.70 bits per heavy atom. The molecule has 0 radical (unpaired) electrons. The van der Waals surface area contributed by atoms with E-state index in [0.29, 0.717) is 34.3 Å². The third-order valence-electron chi connectivity index (χ3n) is 6.32. The standard InChI is InChI=1S/C24H30N4O4S/c1-28(2)24(10-4-3-5-11-24)15-26-22(30)18-7-6-12-25-23(18)33-14-21(29)27-17-8-9-19-20(13-17)32-16-31-19/h6-9,12-13H,3-5,10-11,14-16H2,1-2H3,(H,26,30)(H,27,29). The highest BCUT2D eigenvalue weighted by Gasteiger charge is 2.34. The van der Waals surface area contributed by atoms with Gasteiger partial charge in [-0.2, -0.15) is 0 Å². The Bertz CT molecular complexity index is 1010. The number of hydrogen-bond acceptors (Lipinski definition) is 7. The lowest BCUT2D eigenvalue weighted by atomic mass is 9.80. The van der Waals surface area contributed by atoms with Gasteiger partial charge in [-0.3, -0.25) is 9.59 Å². The van der Waals surface area contributed by atoms with Gasteiger partial charge in [0.25, 0.3) is 5.91 Å². The first-order valence-electron chi connectivity index (χ1n) is 11.2. The average molecular weight is 471 g/mol. The zero-order valence-corrected chi connectivity index (χ0v) is 19.9. The first-order valence-corrected chi connectivity index (χ1v) is 12.2. The fraction of sp³-hybridized carbons (Fsp3) is 0.458. The van der Waals surface area contributed by atoms with Gasteiger partial charge in [0.05, 0.1) is 11.3 Å².